The summed E-state index contributed by atoms with van der Waals surface area (Å²) in [6, 6.07) is 0. The standard InChI is InChI=1S/C20H34N2O/c1-5-13-22(4)20-18(14-16(3)6-2)19(23-21-20)15-17-11-9-7-8-10-12-17/h7,9,15-16,18-19H,5-6,8,10-14H2,1-4H3. The van der Waals surface area contributed by atoms with Crippen LogP contribution in [-0.4, -0.2) is 30.4 Å². The van der Waals surface area contributed by atoms with E-state index in [1.165, 1.54) is 31.3 Å². The SMILES string of the molecule is CCCN(C)C1=NOC(C=C2CC=CCCC2)C1CC(C)CC. The highest BCUT2D eigenvalue weighted by atomic mass is 16.6. The van der Waals surface area contributed by atoms with Gasteiger partial charge in [-0.05, 0) is 50.5 Å². The molecule has 23 heavy (non-hydrogen) atoms. The van der Waals surface area contributed by atoms with Crippen molar-refractivity contribution in [2.75, 3.05) is 13.6 Å². The number of allylic oxidation sites excluding steroid dienone is 3. The first-order valence-corrected chi connectivity index (χ1v) is 9.45. The first-order chi connectivity index (χ1) is 11.2. The molecule has 0 amide bonds. The van der Waals surface area contributed by atoms with Crippen molar-refractivity contribution >= 4 is 5.84 Å². The third-order valence-electron chi connectivity index (χ3n) is 5.11. The summed E-state index contributed by atoms with van der Waals surface area (Å²) in [6.07, 6.45) is 15.4. The Balaban J connectivity index is 2.11. The van der Waals surface area contributed by atoms with Gasteiger partial charge in [-0.3, -0.25) is 0 Å². The quantitative estimate of drug-likeness (QED) is 0.633. The summed E-state index contributed by atoms with van der Waals surface area (Å²) in [5.41, 5.74) is 1.52. The largest absolute Gasteiger partial charge is 0.386 e. The van der Waals surface area contributed by atoms with Gasteiger partial charge in [0.2, 0.25) is 0 Å². The van der Waals surface area contributed by atoms with E-state index in [2.05, 4.69) is 56.1 Å². The van der Waals surface area contributed by atoms with Gasteiger partial charge >= 0.3 is 0 Å². The van der Waals surface area contributed by atoms with Gasteiger partial charge in [0.1, 0.15) is 0 Å². The van der Waals surface area contributed by atoms with Crippen LogP contribution in [0, 0.1) is 11.8 Å². The van der Waals surface area contributed by atoms with Crippen molar-refractivity contribution in [2.45, 2.75) is 71.8 Å². The van der Waals surface area contributed by atoms with E-state index in [1.807, 2.05) is 0 Å². The molecule has 130 valence electrons. The molecule has 2 aliphatic rings. The molecule has 0 N–H and O–H groups in total. The molecular formula is C20H34N2O. The minimum atomic E-state index is 0.125. The van der Waals surface area contributed by atoms with Crippen LogP contribution in [-0.2, 0) is 4.84 Å². The Bertz CT molecular complexity index is 453. The summed E-state index contributed by atoms with van der Waals surface area (Å²) in [7, 11) is 2.15. The summed E-state index contributed by atoms with van der Waals surface area (Å²) >= 11 is 0. The number of amidine groups is 1. The van der Waals surface area contributed by atoms with Gasteiger partial charge in [0.15, 0.2) is 11.9 Å². The van der Waals surface area contributed by atoms with E-state index < -0.39 is 0 Å². The zero-order chi connectivity index (χ0) is 16.7. The predicted octanol–water partition coefficient (Wildman–Crippen LogP) is 5.15. The van der Waals surface area contributed by atoms with Crippen LogP contribution in [0.15, 0.2) is 29.0 Å². The van der Waals surface area contributed by atoms with E-state index in [0.29, 0.717) is 11.8 Å². The van der Waals surface area contributed by atoms with Gasteiger partial charge in [-0.2, -0.15) is 0 Å². The van der Waals surface area contributed by atoms with Gasteiger partial charge in [-0.15, -0.1) is 0 Å². The van der Waals surface area contributed by atoms with E-state index in [4.69, 9.17) is 4.84 Å². The Labute approximate surface area is 142 Å². The lowest BCUT2D eigenvalue weighted by Gasteiger charge is -2.25. The fourth-order valence-corrected chi connectivity index (χ4v) is 3.48. The third-order valence-corrected chi connectivity index (χ3v) is 5.11. The van der Waals surface area contributed by atoms with Crippen LogP contribution in [0.1, 0.15) is 65.7 Å². The third kappa shape index (κ3) is 5.12. The van der Waals surface area contributed by atoms with Gasteiger partial charge in [-0.1, -0.05) is 50.1 Å². The first kappa shape index (κ1) is 18.1. The molecular weight excluding hydrogens is 284 g/mol. The average molecular weight is 319 g/mol. The lowest BCUT2D eigenvalue weighted by atomic mass is 9.87. The molecule has 0 radical (unpaired) electrons. The molecule has 0 aromatic heterocycles. The van der Waals surface area contributed by atoms with Crippen LogP contribution >= 0.6 is 0 Å². The first-order valence-electron chi connectivity index (χ1n) is 9.45. The van der Waals surface area contributed by atoms with Crippen molar-refractivity contribution in [1.82, 2.24) is 4.90 Å². The molecule has 0 spiro atoms. The van der Waals surface area contributed by atoms with Crippen LogP contribution in [0.4, 0.5) is 0 Å². The van der Waals surface area contributed by atoms with E-state index in [9.17, 15) is 0 Å². The van der Waals surface area contributed by atoms with Crippen molar-refractivity contribution in [1.29, 1.82) is 0 Å². The molecule has 3 heteroatoms. The molecule has 0 fully saturated rings. The molecule has 0 saturated heterocycles. The predicted molar refractivity (Wildman–Crippen MR) is 98.5 cm³/mol. The monoisotopic (exact) mass is 318 g/mol. The second kappa shape index (κ2) is 9.14. The maximum Gasteiger partial charge on any atom is 0.156 e. The van der Waals surface area contributed by atoms with Crippen LogP contribution < -0.4 is 0 Å². The number of rotatable bonds is 6. The fourth-order valence-electron chi connectivity index (χ4n) is 3.48. The Hall–Kier alpha value is -1.25. The van der Waals surface area contributed by atoms with E-state index in [-0.39, 0.29) is 6.10 Å². The van der Waals surface area contributed by atoms with Crippen molar-refractivity contribution in [3.63, 3.8) is 0 Å². The molecule has 0 aromatic rings. The number of oxime groups is 1. The van der Waals surface area contributed by atoms with Gasteiger partial charge in [-0.25, -0.2) is 0 Å². The molecule has 1 aliphatic heterocycles. The second-order valence-corrected chi connectivity index (χ2v) is 7.19. The number of hydrogen-bond donors (Lipinski definition) is 0. The highest BCUT2D eigenvalue weighted by Gasteiger charge is 2.35. The molecule has 0 bridgehead atoms. The Kier molecular flexibility index (Phi) is 7.19. The lowest BCUT2D eigenvalue weighted by Crippen LogP contribution is -2.36. The average Bonchev–Trinajstić information content (AvgIpc) is 2.75. The molecule has 3 unspecified atom stereocenters. The van der Waals surface area contributed by atoms with Crippen molar-refractivity contribution in [3.05, 3.63) is 23.8 Å². The Morgan fingerprint density at radius 2 is 2.22 bits per heavy atom. The number of nitrogens with zero attached hydrogens (tertiary/aromatic N) is 2. The van der Waals surface area contributed by atoms with E-state index >= 15 is 0 Å². The van der Waals surface area contributed by atoms with Crippen molar-refractivity contribution in [3.8, 4) is 0 Å². The number of hydrogen-bond acceptors (Lipinski definition) is 3. The fraction of sp³-hybridized carbons (Fsp3) is 0.750. The van der Waals surface area contributed by atoms with E-state index in [1.54, 1.807) is 0 Å². The van der Waals surface area contributed by atoms with Crippen LogP contribution in [0.2, 0.25) is 0 Å². The normalized spacial score (nSPS) is 27.5. The van der Waals surface area contributed by atoms with E-state index in [0.717, 1.165) is 31.6 Å². The molecule has 3 atom stereocenters. The highest BCUT2D eigenvalue weighted by Crippen LogP contribution is 2.31. The van der Waals surface area contributed by atoms with Crippen LogP contribution in [0.25, 0.3) is 0 Å². The Morgan fingerprint density at radius 1 is 1.39 bits per heavy atom. The summed E-state index contributed by atoms with van der Waals surface area (Å²) in [6.45, 7) is 7.88. The summed E-state index contributed by atoms with van der Waals surface area (Å²) in [5.74, 6) is 2.26. The summed E-state index contributed by atoms with van der Waals surface area (Å²) < 4.78 is 0. The topological polar surface area (TPSA) is 24.8 Å². The zero-order valence-corrected chi connectivity index (χ0v) is 15.4. The zero-order valence-electron chi connectivity index (χ0n) is 15.4. The lowest BCUT2D eigenvalue weighted by molar-refractivity contribution is 0.0904. The maximum absolute atomic E-state index is 5.88. The van der Waals surface area contributed by atoms with Gasteiger partial charge < -0.3 is 9.74 Å². The highest BCUT2D eigenvalue weighted by molar-refractivity contribution is 5.86. The smallest absolute Gasteiger partial charge is 0.156 e. The van der Waals surface area contributed by atoms with Gasteiger partial charge in [0.25, 0.3) is 0 Å². The Morgan fingerprint density at radius 3 is 2.96 bits per heavy atom. The van der Waals surface area contributed by atoms with Crippen molar-refractivity contribution in [2.24, 2.45) is 17.0 Å². The molecule has 2 rings (SSSR count). The summed E-state index contributed by atoms with van der Waals surface area (Å²) in [4.78, 5) is 8.17. The second-order valence-electron chi connectivity index (χ2n) is 7.19. The van der Waals surface area contributed by atoms with Gasteiger partial charge in [0, 0.05) is 13.6 Å². The van der Waals surface area contributed by atoms with Crippen LogP contribution in [0.3, 0.4) is 0 Å². The maximum atomic E-state index is 5.88. The minimum absolute atomic E-state index is 0.125. The summed E-state index contributed by atoms with van der Waals surface area (Å²) in [5, 5.41) is 4.47. The molecule has 1 heterocycles. The molecule has 0 aromatic carbocycles. The van der Waals surface area contributed by atoms with Gasteiger partial charge in [0.05, 0.1) is 5.92 Å². The molecule has 1 aliphatic carbocycles. The van der Waals surface area contributed by atoms with Crippen molar-refractivity contribution < 1.29 is 4.84 Å². The minimum Gasteiger partial charge on any atom is -0.386 e. The molecule has 3 nitrogen and oxygen atoms in total. The molecule has 0 saturated carbocycles. The van der Waals surface area contributed by atoms with Crippen LogP contribution in [0.5, 0.6) is 0 Å².